The molecule has 1 fully saturated rings. The van der Waals surface area contributed by atoms with Gasteiger partial charge in [-0.2, -0.15) is 0 Å². The molecule has 0 aliphatic carbocycles. The van der Waals surface area contributed by atoms with Crippen LogP contribution in [0.3, 0.4) is 0 Å². The number of carbonyl (C=O) groups excluding carboxylic acids is 1. The van der Waals surface area contributed by atoms with E-state index in [0.717, 1.165) is 30.7 Å². The topological polar surface area (TPSA) is 29.5 Å². The first-order valence-electron chi connectivity index (χ1n) is 8.49. The van der Waals surface area contributed by atoms with Gasteiger partial charge in [0.2, 0.25) is 5.91 Å². The lowest BCUT2D eigenvalue weighted by Gasteiger charge is -2.31. The molecule has 0 N–H and O–H groups in total. The number of nitrogens with zero attached hydrogens (tertiary/aromatic N) is 1. The summed E-state index contributed by atoms with van der Waals surface area (Å²) in [5.74, 6) is 0.928. The number of halogens is 1. The minimum Gasteiger partial charge on any atom is -0.492 e. The molecule has 2 aliphatic rings. The average Bonchev–Trinajstić information content (AvgIpc) is 3.11. The van der Waals surface area contributed by atoms with Crippen molar-refractivity contribution < 1.29 is 9.53 Å². The van der Waals surface area contributed by atoms with Gasteiger partial charge in [-0.15, -0.1) is 0 Å². The molecule has 4 rings (SSSR count). The van der Waals surface area contributed by atoms with E-state index < -0.39 is 0 Å². The Kier molecular flexibility index (Phi) is 4.19. The van der Waals surface area contributed by atoms with Crippen LogP contribution in [0.25, 0.3) is 0 Å². The molecule has 2 atom stereocenters. The molecular formula is C20H20ClNO2. The first-order valence-corrected chi connectivity index (χ1v) is 8.87. The van der Waals surface area contributed by atoms with Gasteiger partial charge in [0.15, 0.2) is 0 Å². The fourth-order valence-corrected chi connectivity index (χ4v) is 4.00. The quantitative estimate of drug-likeness (QED) is 0.817. The molecule has 4 heteroatoms. The average molecular weight is 342 g/mol. The molecule has 2 heterocycles. The van der Waals surface area contributed by atoms with Crippen molar-refractivity contribution in [3.8, 4) is 5.75 Å². The van der Waals surface area contributed by atoms with Gasteiger partial charge in [-0.25, -0.2) is 0 Å². The maximum absolute atomic E-state index is 13.1. The first kappa shape index (κ1) is 15.5. The van der Waals surface area contributed by atoms with Crippen molar-refractivity contribution in [2.75, 3.05) is 13.2 Å². The Morgan fingerprint density at radius 3 is 2.83 bits per heavy atom. The van der Waals surface area contributed by atoms with Crippen molar-refractivity contribution >= 4 is 17.5 Å². The second-order valence-corrected chi connectivity index (χ2v) is 7.00. The molecule has 0 spiro atoms. The summed E-state index contributed by atoms with van der Waals surface area (Å²) < 4.78 is 5.81. The molecule has 2 aromatic carbocycles. The summed E-state index contributed by atoms with van der Waals surface area (Å²) in [4.78, 5) is 15.1. The van der Waals surface area contributed by atoms with Crippen LogP contribution >= 0.6 is 11.6 Å². The van der Waals surface area contributed by atoms with Crippen LogP contribution in [0.4, 0.5) is 0 Å². The zero-order valence-corrected chi connectivity index (χ0v) is 14.2. The normalized spacial score (nSPS) is 22.8. The fourth-order valence-electron chi connectivity index (χ4n) is 3.81. The van der Waals surface area contributed by atoms with E-state index in [4.69, 9.17) is 16.3 Å². The van der Waals surface area contributed by atoms with Gasteiger partial charge < -0.3 is 9.64 Å². The molecule has 0 radical (unpaired) electrons. The van der Waals surface area contributed by atoms with Gasteiger partial charge in [0.05, 0.1) is 12.0 Å². The monoisotopic (exact) mass is 341 g/mol. The Labute approximate surface area is 147 Å². The Balaban J connectivity index is 1.53. The molecule has 2 aromatic rings. The lowest BCUT2D eigenvalue weighted by atomic mass is 9.94. The third kappa shape index (κ3) is 2.89. The number of benzene rings is 2. The van der Waals surface area contributed by atoms with Crippen LogP contribution in [-0.4, -0.2) is 24.0 Å². The number of hydrogen-bond acceptors (Lipinski definition) is 2. The van der Waals surface area contributed by atoms with Crippen molar-refractivity contribution in [3.63, 3.8) is 0 Å². The standard InChI is InChI=1S/C20H20ClNO2/c21-17-8-9-19-15(12-17)11-16(13-24-19)20(23)22-10-4-7-18(22)14-5-2-1-3-6-14/h1-3,5-6,8-9,12,16,18H,4,7,10-11,13H2/t16-,18-/m0/s1. The van der Waals surface area contributed by atoms with E-state index in [2.05, 4.69) is 12.1 Å². The van der Waals surface area contributed by atoms with Crippen molar-refractivity contribution in [3.05, 3.63) is 64.7 Å². The number of hydrogen-bond donors (Lipinski definition) is 0. The van der Waals surface area contributed by atoms with E-state index in [1.54, 1.807) is 0 Å². The van der Waals surface area contributed by atoms with E-state index in [-0.39, 0.29) is 17.9 Å². The van der Waals surface area contributed by atoms with Crippen LogP contribution in [0.5, 0.6) is 5.75 Å². The van der Waals surface area contributed by atoms with Crippen molar-refractivity contribution in [2.24, 2.45) is 5.92 Å². The highest BCUT2D eigenvalue weighted by molar-refractivity contribution is 6.30. The van der Waals surface area contributed by atoms with Gasteiger partial charge in [0.1, 0.15) is 12.4 Å². The lowest BCUT2D eigenvalue weighted by molar-refractivity contribution is -0.137. The predicted molar refractivity (Wildman–Crippen MR) is 94.3 cm³/mol. The molecule has 3 nitrogen and oxygen atoms in total. The maximum atomic E-state index is 13.1. The molecule has 0 aromatic heterocycles. The van der Waals surface area contributed by atoms with E-state index in [0.29, 0.717) is 18.1 Å². The van der Waals surface area contributed by atoms with Crippen LogP contribution in [0.2, 0.25) is 5.02 Å². The summed E-state index contributed by atoms with van der Waals surface area (Å²) in [6, 6.07) is 16.1. The second kappa shape index (κ2) is 6.48. The molecular weight excluding hydrogens is 322 g/mol. The molecule has 1 saturated heterocycles. The molecule has 1 amide bonds. The summed E-state index contributed by atoms with van der Waals surface area (Å²) in [5.41, 5.74) is 2.26. The van der Waals surface area contributed by atoms with Gasteiger partial charge in [-0.1, -0.05) is 41.9 Å². The zero-order valence-electron chi connectivity index (χ0n) is 13.5. The highest BCUT2D eigenvalue weighted by atomic mass is 35.5. The summed E-state index contributed by atoms with van der Waals surface area (Å²) in [5, 5.41) is 0.689. The Morgan fingerprint density at radius 2 is 2.00 bits per heavy atom. The summed E-state index contributed by atoms with van der Waals surface area (Å²) in [6.45, 7) is 1.28. The van der Waals surface area contributed by atoms with Crippen LogP contribution in [0.15, 0.2) is 48.5 Å². The molecule has 0 bridgehead atoms. The minimum absolute atomic E-state index is 0.125. The number of rotatable bonds is 2. The minimum atomic E-state index is -0.125. The molecule has 0 saturated carbocycles. The second-order valence-electron chi connectivity index (χ2n) is 6.56. The van der Waals surface area contributed by atoms with Gasteiger partial charge in [-0.05, 0) is 48.6 Å². The summed E-state index contributed by atoms with van der Waals surface area (Å²) in [7, 11) is 0. The molecule has 0 unspecified atom stereocenters. The SMILES string of the molecule is O=C([C@@H]1COc2ccc(Cl)cc2C1)N1CCC[C@H]1c1ccccc1. The van der Waals surface area contributed by atoms with Crippen LogP contribution < -0.4 is 4.74 Å². The molecule has 2 aliphatic heterocycles. The summed E-state index contributed by atoms with van der Waals surface area (Å²) >= 11 is 6.08. The van der Waals surface area contributed by atoms with Crippen LogP contribution in [-0.2, 0) is 11.2 Å². The number of carbonyl (C=O) groups is 1. The van der Waals surface area contributed by atoms with E-state index in [1.807, 2.05) is 41.3 Å². The fraction of sp³-hybridized carbons (Fsp3) is 0.350. The Bertz CT molecular complexity index is 747. The van der Waals surface area contributed by atoms with Crippen molar-refractivity contribution in [1.82, 2.24) is 4.90 Å². The Hall–Kier alpha value is -2.00. The summed E-state index contributed by atoms with van der Waals surface area (Å²) in [6.07, 6.45) is 2.79. The van der Waals surface area contributed by atoms with Gasteiger partial charge in [0.25, 0.3) is 0 Å². The Morgan fingerprint density at radius 1 is 1.17 bits per heavy atom. The van der Waals surface area contributed by atoms with E-state index >= 15 is 0 Å². The number of amides is 1. The first-order chi connectivity index (χ1) is 11.7. The van der Waals surface area contributed by atoms with Gasteiger partial charge in [-0.3, -0.25) is 4.79 Å². The maximum Gasteiger partial charge on any atom is 0.229 e. The van der Waals surface area contributed by atoms with Crippen molar-refractivity contribution in [2.45, 2.75) is 25.3 Å². The highest BCUT2D eigenvalue weighted by Gasteiger charge is 2.36. The smallest absolute Gasteiger partial charge is 0.229 e. The molecule has 24 heavy (non-hydrogen) atoms. The molecule has 124 valence electrons. The van der Waals surface area contributed by atoms with Crippen LogP contribution in [0, 0.1) is 5.92 Å². The third-order valence-corrected chi connectivity index (χ3v) is 5.23. The predicted octanol–water partition coefficient (Wildman–Crippen LogP) is 4.25. The zero-order chi connectivity index (χ0) is 16.5. The van der Waals surface area contributed by atoms with E-state index in [1.165, 1.54) is 5.56 Å². The van der Waals surface area contributed by atoms with E-state index in [9.17, 15) is 4.79 Å². The number of fused-ring (bicyclic) bond motifs is 1. The largest absolute Gasteiger partial charge is 0.492 e. The number of likely N-dealkylation sites (tertiary alicyclic amines) is 1. The lowest BCUT2D eigenvalue weighted by Crippen LogP contribution is -2.40. The van der Waals surface area contributed by atoms with Crippen molar-refractivity contribution in [1.29, 1.82) is 0 Å². The highest BCUT2D eigenvalue weighted by Crippen LogP contribution is 2.36. The third-order valence-electron chi connectivity index (χ3n) is 5.00. The van der Waals surface area contributed by atoms with Gasteiger partial charge in [0, 0.05) is 11.6 Å². The van der Waals surface area contributed by atoms with Crippen LogP contribution in [0.1, 0.15) is 30.0 Å². The number of ether oxygens (including phenoxy) is 1. The van der Waals surface area contributed by atoms with Gasteiger partial charge >= 0.3 is 0 Å².